The van der Waals surface area contributed by atoms with Gasteiger partial charge in [-0.1, -0.05) is 5.16 Å². The van der Waals surface area contributed by atoms with Crippen LogP contribution in [0.2, 0.25) is 0 Å². The first-order valence-electron chi connectivity index (χ1n) is 6.27. The van der Waals surface area contributed by atoms with E-state index in [2.05, 4.69) is 5.16 Å². The van der Waals surface area contributed by atoms with Crippen molar-refractivity contribution in [2.45, 2.75) is 13.5 Å². The van der Waals surface area contributed by atoms with E-state index >= 15 is 0 Å². The summed E-state index contributed by atoms with van der Waals surface area (Å²) in [4.78, 5) is 11.8. The fraction of sp³-hybridized carbons (Fsp3) is 0.286. The van der Waals surface area contributed by atoms with Crippen molar-refractivity contribution in [2.24, 2.45) is 14.1 Å². The molecule has 20 heavy (non-hydrogen) atoms. The van der Waals surface area contributed by atoms with Crippen LogP contribution >= 0.6 is 0 Å². The van der Waals surface area contributed by atoms with Crippen LogP contribution < -0.4 is 10.4 Å². The Labute approximate surface area is 115 Å². The molecule has 0 radical (unpaired) electrons. The quantitative estimate of drug-likeness (QED) is 0.729. The van der Waals surface area contributed by atoms with E-state index < -0.39 is 0 Å². The number of ether oxygens (including phenoxy) is 1. The second-order valence-electron chi connectivity index (χ2n) is 4.77. The molecule has 0 aliphatic heterocycles. The molecule has 0 fully saturated rings. The Morgan fingerprint density at radius 1 is 1.20 bits per heavy atom. The van der Waals surface area contributed by atoms with E-state index in [4.69, 9.17) is 9.26 Å². The first-order chi connectivity index (χ1) is 9.56. The number of nitrogens with zero attached hydrogens (tertiary/aromatic N) is 3. The molecule has 0 bridgehead atoms. The molecule has 104 valence electrons. The molecule has 0 saturated carbocycles. The van der Waals surface area contributed by atoms with Crippen LogP contribution in [0.3, 0.4) is 0 Å². The highest BCUT2D eigenvalue weighted by Gasteiger charge is 2.09. The summed E-state index contributed by atoms with van der Waals surface area (Å²) in [5.74, 6) is 1.36. The molecule has 3 rings (SSSR count). The van der Waals surface area contributed by atoms with E-state index in [-0.39, 0.29) is 5.69 Å². The minimum atomic E-state index is -0.0528. The average molecular weight is 273 g/mol. The molecule has 0 atom stereocenters. The molecule has 0 spiro atoms. The van der Waals surface area contributed by atoms with E-state index in [1.807, 2.05) is 31.2 Å². The van der Waals surface area contributed by atoms with Crippen molar-refractivity contribution in [3.63, 3.8) is 0 Å². The normalized spacial score (nSPS) is 11.2. The molecule has 2 aromatic heterocycles. The molecule has 0 amide bonds. The third-order valence-corrected chi connectivity index (χ3v) is 3.30. The lowest BCUT2D eigenvalue weighted by atomic mass is 10.3. The lowest BCUT2D eigenvalue weighted by molar-refractivity contribution is 0.249. The molecular formula is C14H15N3O3. The van der Waals surface area contributed by atoms with Gasteiger partial charge in [-0.15, -0.1) is 0 Å². The van der Waals surface area contributed by atoms with Crippen molar-refractivity contribution in [2.75, 3.05) is 0 Å². The minimum absolute atomic E-state index is 0.0528. The Morgan fingerprint density at radius 3 is 2.65 bits per heavy atom. The van der Waals surface area contributed by atoms with Crippen molar-refractivity contribution in [3.05, 3.63) is 46.2 Å². The molecule has 6 heteroatoms. The summed E-state index contributed by atoms with van der Waals surface area (Å²) in [5.41, 5.74) is 2.48. The number of aromatic nitrogens is 3. The highest BCUT2D eigenvalue weighted by Crippen LogP contribution is 2.20. The van der Waals surface area contributed by atoms with Crippen LogP contribution in [0.25, 0.3) is 11.0 Å². The van der Waals surface area contributed by atoms with Gasteiger partial charge in [0.15, 0.2) is 5.76 Å². The standard InChI is InChI=1S/C14H15N3O3/c1-9-6-11(20-15-9)8-19-10-4-5-12-13(7-10)17(3)14(18)16(12)2/h4-7H,8H2,1-3H3. The Hall–Kier alpha value is -2.50. The zero-order chi connectivity index (χ0) is 14.3. The summed E-state index contributed by atoms with van der Waals surface area (Å²) in [6.07, 6.45) is 0. The average Bonchev–Trinajstić information content (AvgIpc) is 2.95. The Balaban J connectivity index is 1.89. The van der Waals surface area contributed by atoms with Gasteiger partial charge in [-0.25, -0.2) is 4.79 Å². The Kier molecular flexibility index (Phi) is 2.85. The summed E-state index contributed by atoms with van der Waals surface area (Å²) in [6, 6.07) is 7.39. The van der Waals surface area contributed by atoms with Crippen molar-refractivity contribution in [1.82, 2.24) is 14.3 Å². The highest BCUT2D eigenvalue weighted by molar-refractivity contribution is 5.77. The lowest BCUT2D eigenvalue weighted by Gasteiger charge is -2.04. The number of aryl methyl sites for hydroxylation is 3. The topological polar surface area (TPSA) is 62.2 Å². The van der Waals surface area contributed by atoms with Crippen LogP contribution in [0.5, 0.6) is 5.75 Å². The summed E-state index contributed by atoms with van der Waals surface area (Å²) in [7, 11) is 3.50. The number of imidazole rings is 1. The fourth-order valence-corrected chi connectivity index (χ4v) is 2.22. The van der Waals surface area contributed by atoms with Crippen LogP contribution in [-0.4, -0.2) is 14.3 Å². The minimum Gasteiger partial charge on any atom is -0.485 e. The van der Waals surface area contributed by atoms with Crippen LogP contribution in [-0.2, 0) is 20.7 Å². The first-order valence-corrected chi connectivity index (χ1v) is 6.27. The summed E-state index contributed by atoms with van der Waals surface area (Å²) in [5, 5.41) is 3.80. The predicted octanol–water partition coefficient (Wildman–Crippen LogP) is 1.75. The van der Waals surface area contributed by atoms with Crippen LogP contribution in [0.15, 0.2) is 33.6 Å². The molecular weight excluding hydrogens is 258 g/mol. The second-order valence-corrected chi connectivity index (χ2v) is 4.77. The van der Waals surface area contributed by atoms with Gasteiger partial charge in [-0.3, -0.25) is 9.13 Å². The van der Waals surface area contributed by atoms with Gasteiger partial charge in [0.2, 0.25) is 0 Å². The van der Waals surface area contributed by atoms with E-state index in [0.29, 0.717) is 18.1 Å². The van der Waals surface area contributed by atoms with Crippen molar-refractivity contribution < 1.29 is 9.26 Å². The van der Waals surface area contributed by atoms with Crippen molar-refractivity contribution in [1.29, 1.82) is 0 Å². The van der Waals surface area contributed by atoms with Gasteiger partial charge < -0.3 is 9.26 Å². The van der Waals surface area contributed by atoms with Gasteiger partial charge in [0.1, 0.15) is 12.4 Å². The first kappa shape index (κ1) is 12.5. The number of rotatable bonds is 3. The largest absolute Gasteiger partial charge is 0.485 e. The summed E-state index contributed by atoms with van der Waals surface area (Å²) < 4.78 is 14.0. The monoisotopic (exact) mass is 273 g/mol. The molecule has 6 nitrogen and oxygen atoms in total. The van der Waals surface area contributed by atoms with E-state index in [0.717, 1.165) is 16.7 Å². The number of hydrogen-bond acceptors (Lipinski definition) is 4. The van der Waals surface area contributed by atoms with E-state index in [1.54, 1.807) is 23.2 Å². The Bertz CT molecular complexity index is 826. The molecule has 0 aliphatic carbocycles. The smallest absolute Gasteiger partial charge is 0.328 e. The van der Waals surface area contributed by atoms with Gasteiger partial charge in [-0.2, -0.15) is 0 Å². The van der Waals surface area contributed by atoms with Crippen molar-refractivity contribution >= 4 is 11.0 Å². The van der Waals surface area contributed by atoms with E-state index in [1.165, 1.54) is 0 Å². The van der Waals surface area contributed by atoms with Gasteiger partial charge in [0, 0.05) is 26.2 Å². The number of fused-ring (bicyclic) bond motifs is 1. The molecule has 0 aliphatic rings. The molecule has 0 unspecified atom stereocenters. The van der Waals surface area contributed by atoms with Crippen LogP contribution in [0, 0.1) is 6.92 Å². The predicted molar refractivity (Wildman–Crippen MR) is 73.7 cm³/mol. The molecule has 3 aromatic rings. The highest BCUT2D eigenvalue weighted by atomic mass is 16.5. The van der Waals surface area contributed by atoms with Crippen LogP contribution in [0.1, 0.15) is 11.5 Å². The summed E-state index contributed by atoms with van der Waals surface area (Å²) in [6.45, 7) is 2.17. The maximum Gasteiger partial charge on any atom is 0.328 e. The SMILES string of the molecule is Cc1cc(COc2ccc3c(c2)n(C)c(=O)n3C)on1. The summed E-state index contributed by atoms with van der Waals surface area (Å²) >= 11 is 0. The second kappa shape index (κ2) is 4.56. The van der Waals surface area contributed by atoms with Gasteiger partial charge >= 0.3 is 5.69 Å². The van der Waals surface area contributed by atoms with Crippen molar-refractivity contribution in [3.8, 4) is 5.75 Å². The zero-order valence-corrected chi connectivity index (χ0v) is 11.6. The maximum atomic E-state index is 11.8. The zero-order valence-electron chi connectivity index (χ0n) is 11.6. The number of benzene rings is 1. The Morgan fingerprint density at radius 2 is 1.95 bits per heavy atom. The maximum absolute atomic E-state index is 11.8. The fourth-order valence-electron chi connectivity index (χ4n) is 2.22. The van der Waals surface area contributed by atoms with Gasteiger partial charge in [0.05, 0.1) is 16.7 Å². The van der Waals surface area contributed by atoms with Gasteiger partial charge in [0.25, 0.3) is 0 Å². The molecule has 1 aromatic carbocycles. The molecule has 2 heterocycles. The van der Waals surface area contributed by atoms with E-state index in [9.17, 15) is 4.79 Å². The number of hydrogen-bond donors (Lipinski definition) is 0. The van der Waals surface area contributed by atoms with Crippen LogP contribution in [0.4, 0.5) is 0 Å². The third-order valence-electron chi connectivity index (χ3n) is 3.30. The molecule has 0 saturated heterocycles. The van der Waals surface area contributed by atoms with Gasteiger partial charge in [-0.05, 0) is 19.1 Å². The molecule has 0 N–H and O–H groups in total. The lowest BCUT2D eigenvalue weighted by Crippen LogP contribution is -2.19. The third kappa shape index (κ3) is 1.99.